The van der Waals surface area contributed by atoms with Gasteiger partial charge in [-0.05, 0) is 48.2 Å². The average molecular weight is 507 g/mol. The molecule has 0 spiro atoms. The molecule has 0 aliphatic carbocycles. The molecule has 1 unspecified atom stereocenters. The Hall–Kier alpha value is -4.28. The lowest BCUT2D eigenvalue weighted by Gasteiger charge is -2.33. The van der Waals surface area contributed by atoms with Crippen molar-refractivity contribution in [2.24, 2.45) is 0 Å². The van der Waals surface area contributed by atoms with Crippen molar-refractivity contribution >= 4 is 23.2 Å². The molecular formula is C30H27N4O2P. The number of ether oxygens (including phenoxy) is 1. The van der Waals surface area contributed by atoms with Gasteiger partial charge in [-0.2, -0.15) is 0 Å². The van der Waals surface area contributed by atoms with E-state index in [-0.39, 0.29) is 6.61 Å². The summed E-state index contributed by atoms with van der Waals surface area (Å²) in [7, 11) is -2.60. The molecule has 0 bridgehead atoms. The highest BCUT2D eigenvalue weighted by atomic mass is 31.2. The van der Waals surface area contributed by atoms with Crippen molar-refractivity contribution in [2.45, 2.75) is 12.7 Å². The van der Waals surface area contributed by atoms with Gasteiger partial charge in [0.15, 0.2) is 0 Å². The van der Waals surface area contributed by atoms with E-state index in [4.69, 9.17) is 9.84 Å². The summed E-state index contributed by atoms with van der Waals surface area (Å²) in [5.41, 5.74) is 0.853. The van der Waals surface area contributed by atoms with Crippen LogP contribution in [0.25, 0.3) is 11.4 Å². The first-order valence-corrected chi connectivity index (χ1v) is 14.0. The maximum absolute atomic E-state index is 13.1. The van der Waals surface area contributed by atoms with Gasteiger partial charge in [0, 0.05) is 11.6 Å². The standard InChI is InChI=1S/C30H27N4O2P/c1-2-36-29(35)23-28(34-32-30(31-33-34)24-15-7-3-8-16-24)37(25-17-9-4-10-18-25,26-19-11-5-12-20-26)27-21-13-6-14-22-27/h3-23,28H,2H2,1H3/b29-23+. The summed E-state index contributed by atoms with van der Waals surface area (Å²) in [6.07, 6.45) is 1.61. The van der Waals surface area contributed by atoms with Crippen LogP contribution in [0.4, 0.5) is 0 Å². The van der Waals surface area contributed by atoms with Gasteiger partial charge < -0.3 is 9.84 Å². The zero-order valence-corrected chi connectivity index (χ0v) is 21.4. The van der Waals surface area contributed by atoms with Crippen molar-refractivity contribution in [3.05, 3.63) is 133 Å². The van der Waals surface area contributed by atoms with Crippen LogP contribution in [0, 0.1) is 0 Å². The van der Waals surface area contributed by atoms with Crippen molar-refractivity contribution in [3.8, 4) is 11.4 Å². The molecule has 0 fully saturated rings. The maximum Gasteiger partial charge on any atom is 0.214 e. The molecule has 0 saturated heterocycles. The monoisotopic (exact) mass is 506 g/mol. The van der Waals surface area contributed by atoms with E-state index < -0.39 is 19.0 Å². The highest BCUT2D eigenvalue weighted by molar-refractivity contribution is 7.95. The van der Waals surface area contributed by atoms with Crippen molar-refractivity contribution in [2.75, 3.05) is 6.61 Å². The maximum atomic E-state index is 13.1. The number of aromatic nitrogens is 4. The zero-order valence-electron chi connectivity index (χ0n) is 20.5. The topological polar surface area (TPSA) is 75.9 Å². The van der Waals surface area contributed by atoms with Crippen LogP contribution < -0.4 is 21.0 Å². The Morgan fingerprint density at radius 1 is 0.784 bits per heavy atom. The Labute approximate surface area is 217 Å². The van der Waals surface area contributed by atoms with Gasteiger partial charge >= 0.3 is 0 Å². The summed E-state index contributed by atoms with van der Waals surface area (Å²) in [5, 5.41) is 30.1. The fraction of sp³-hybridized carbons (Fsp3) is 0.100. The van der Waals surface area contributed by atoms with E-state index >= 15 is 0 Å². The summed E-state index contributed by atoms with van der Waals surface area (Å²) in [6.45, 7) is 2.07. The van der Waals surface area contributed by atoms with E-state index in [1.807, 2.05) is 84.9 Å². The van der Waals surface area contributed by atoms with Crippen LogP contribution in [-0.4, -0.2) is 26.8 Å². The lowest BCUT2D eigenvalue weighted by atomic mass is 10.2. The number of tetrazole rings is 1. The minimum Gasteiger partial charge on any atom is -0.614 e. The number of hydrogen-bond donors (Lipinski definition) is 0. The predicted octanol–water partition coefficient (Wildman–Crippen LogP) is 4.07. The first-order valence-electron chi connectivity index (χ1n) is 12.2. The summed E-state index contributed by atoms with van der Waals surface area (Å²) >= 11 is 0. The summed E-state index contributed by atoms with van der Waals surface area (Å²) in [4.78, 5) is 1.58. The Morgan fingerprint density at radius 2 is 1.24 bits per heavy atom. The molecule has 0 saturated carbocycles. The summed E-state index contributed by atoms with van der Waals surface area (Å²) < 4.78 is 5.42. The number of hydrogen-bond acceptors (Lipinski definition) is 5. The van der Waals surface area contributed by atoms with E-state index in [0.717, 1.165) is 21.5 Å². The van der Waals surface area contributed by atoms with Gasteiger partial charge in [0.2, 0.25) is 11.6 Å². The van der Waals surface area contributed by atoms with E-state index in [0.29, 0.717) is 5.82 Å². The lowest BCUT2D eigenvalue weighted by molar-refractivity contribution is -0.357. The molecule has 5 rings (SSSR count). The molecule has 1 aromatic heterocycles. The van der Waals surface area contributed by atoms with Crippen molar-refractivity contribution in [3.63, 3.8) is 0 Å². The second-order valence-corrected chi connectivity index (χ2v) is 11.9. The van der Waals surface area contributed by atoms with Gasteiger partial charge in [-0.3, -0.25) is 0 Å². The van der Waals surface area contributed by atoms with E-state index in [1.54, 1.807) is 17.8 Å². The molecule has 1 heterocycles. The normalized spacial score (nSPS) is 12.7. The van der Waals surface area contributed by atoms with E-state index in [9.17, 15) is 5.11 Å². The second kappa shape index (κ2) is 11.2. The third kappa shape index (κ3) is 4.89. The second-order valence-electron chi connectivity index (χ2n) is 8.36. The van der Waals surface area contributed by atoms with Crippen LogP contribution in [0.2, 0.25) is 0 Å². The first-order chi connectivity index (χ1) is 18.2. The van der Waals surface area contributed by atoms with Gasteiger partial charge in [-0.15, -0.1) is 15.0 Å². The molecule has 0 N–H and O–H groups in total. The number of rotatable bonds is 9. The molecule has 6 nitrogen and oxygen atoms in total. The largest absolute Gasteiger partial charge is 0.614 e. The summed E-state index contributed by atoms with van der Waals surface area (Å²) in [6, 6.07) is 40.6. The van der Waals surface area contributed by atoms with Gasteiger partial charge in [0.25, 0.3) is 0 Å². The van der Waals surface area contributed by atoms with Crippen molar-refractivity contribution in [1.82, 2.24) is 20.2 Å². The van der Waals surface area contributed by atoms with Gasteiger partial charge in [-0.1, -0.05) is 91.9 Å². The molecule has 1 atom stereocenters. The zero-order chi connectivity index (χ0) is 25.5. The molecule has 184 valence electrons. The van der Waals surface area contributed by atoms with Crippen LogP contribution in [0.5, 0.6) is 0 Å². The van der Waals surface area contributed by atoms with E-state index in [1.165, 1.54) is 0 Å². The molecular weight excluding hydrogens is 479 g/mol. The molecule has 7 heteroatoms. The third-order valence-electron chi connectivity index (χ3n) is 6.16. The SMILES string of the molecule is CCO/C([O-])=C/C(n1nnc(-c2ccccc2)n1)[P+](c1ccccc1)(c1ccccc1)c1ccccc1. The fourth-order valence-corrected chi connectivity index (χ4v) is 9.07. The molecule has 4 aromatic carbocycles. The number of benzene rings is 4. The Morgan fingerprint density at radius 3 is 1.70 bits per heavy atom. The minimum absolute atomic E-state index is 0.273. The van der Waals surface area contributed by atoms with E-state index in [2.05, 4.69) is 46.7 Å². The van der Waals surface area contributed by atoms with Crippen LogP contribution in [-0.2, 0) is 4.74 Å². The highest BCUT2D eigenvalue weighted by Gasteiger charge is 2.54. The molecule has 37 heavy (non-hydrogen) atoms. The van der Waals surface area contributed by atoms with Crippen molar-refractivity contribution in [1.29, 1.82) is 0 Å². The average Bonchev–Trinajstić information content (AvgIpc) is 3.46. The number of nitrogens with zero attached hydrogens (tertiary/aromatic N) is 4. The van der Waals surface area contributed by atoms with Gasteiger partial charge in [0.05, 0.1) is 5.95 Å². The molecule has 0 aliphatic rings. The molecule has 0 amide bonds. The molecule has 5 aromatic rings. The minimum atomic E-state index is -2.60. The predicted molar refractivity (Wildman–Crippen MR) is 147 cm³/mol. The smallest absolute Gasteiger partial charge is 0.214 e. The van der Waals surface area contributed by atoms with Crippen molar-refractivity contribution < 1.29 is 9.84 Å². The van der Waals surface area contributed by atoms with Crippen LogP contribution in [0.15, 0.2) is 133 Å². The molecule has 0 aliphatic heterocycles. The highest BCUT2D eigenvalue weighted by Crippen LogP contribution is 2.65. The van der Waals surface area contributed by atoms with Crippen LogP contribution in [0.3, 0.4) is 0 Å². The first kappa shape index (κ1) is 24.4. The fourth-order valence-electron chi connectivity index (χ4n) is 4.58. The Balaban J connectivity index is 1.83. The Kier molecular flexibility index (Phi) is 7.38. The third-order valence-corrected chi connectivity index (χ3v) is 10.6. The van der Waals surface area contributed by atoms with Gasteiger partial charge in [-0.25, -0.2) is 0 Å². The summed E-state index contributed by atoms with van der Waals surface area (Å²) in [5.74, 6) is -0.503. The van der Waals surface area contributed by atoms with Crippen LogP contribution >= 0.6 is 7.26 Å². The quantitative estimate of drug-likeness (QED) is 0.223. The van der Waals surface area contributed by atoms with Gasteiger partial charge in [0.1, 0.15) is 23.2 Å². The number of allylic oxidation sites excluding steroid dienone is 1. The lowest BCUT2D eigenvalue weighted by Crippen LogP contribution is -2.38. The molecule has 0 radical (unpaired) electrons. The van der Waals surface area contributed by atoms with Crippen LogP contribution in [0.1, 0.15) is 12.7 Å². The Bertz CT molecular complexity index is 1350.